The van der Waals surface area contributed by atoms with Crippen molar-refractivity contribution in [2.24, 2.45) is 5.92 Å². The predicted octanol–water partition coefficient (Wildman–Crippen LogP) is 2.17. The number of hydrogen-bond acceptors (Lipinski definition) is 5. The Kier molecular flexibility index (Phi) is 5.25. The Bertz CT molecular complexity index is 835. The van der Waals surface area contributed by atoms with E-state index in [4.69, 9.17) is 4.74 Å². The van der Waals surface area contributed by atoms with Crippen molar-refractivity contribution in [3.05, 3.63) is 24.3 Å². The van der Waals surface area contributed by atoms with Gasteiger partial charge in [-0.15, -0.1) is 0 Å². The zero-order valence-corrected chi connectivity index (χ0v) is 16.5. The molecule has 8 nitrogen and oxygen atoms in total. The van der Waals surface area contributed by atoms with E-state index in [0.29, 0.717) is 18.2 Å². The molecule has 2 atom stereocenters. The zero-order valence-electron chi connectivity index (χ0n) is 16.5. The van der Waals surface area contributed by atoms with Crippen LogP contribution in [0.2, 0.25) is 0 Å². The van der Waals surface area contributed by atoms with E-state index in [1.54, 1.807) is 12.1 Å². The number of imide groups is 2. The highest BCUT2D eigenvalue weighted by Crippen LogP contribution is 2.35. The molecule has 3 aliphatic rings. The van der Waals surface area contributed by atoms with Crippen molar-refractivity contribution in [1.29, 1.82) is 0 Å². The minimum absolute atomic E-state index is 0.186. The maximum Gasteiger partial charge on any atom is 0.339 e. The Labute approximate surface area is 169 Å². The van der Waals surface area contributed by atoms with Crippen LogP contribution in [0.3, 0.4) is 0 Å². The van der Waals surface area contributed by atoms with Gasteiger partial charge in [0.25, 0.3) is 0 Å². The van der Waals surface area contributed by atoms with E-state index in [-0.39, 0.29) is 24.2 Å². The molecule has 1 aromatic rings. The van der Waals surface area contributed by atoms with E-state index in [1.807, 2.05) is 4.90 Å². The van der Waals surface area contributed by atoms with E-state index in [2.05, 4.69) is 0 Å². The number of urea groups is 1. The second-order valence-electron chi connectivity index (χ2n) is 7.85. The monoisotopic (exact) mass is 399 g/mol. The number of piperidine rings is 1. The van der Waals surface area contributed by atoms with Crippen molar-refractivity contribution in [3.8, 4) is 5.75 Å². The third-order valence-corrected chi connectivity index (χ3v) is 6.24. The minimum atomic E-state index is -0.962. The Balaban J connectivity index is 1.49. The number of anilines is 1. The third kappa shape index (κ3) is 3.47. The maximum atomic E-state index is 13.0. The van der Waals surface area contributed by atoms with Gasteiger partial charge in [-0.2, -0.15) is 0 Å². The molecule has 2 aliphatic heterocycles. The summed E-state index contributed by atoms with van der Waals surface area (Å²) in [5.41, 5.74) is 0.273. The first-order valence-corrected chi connectivity index (χ1v) is 10.1. The number of amides is 5. The maximum absolute atomic E-state index is 13.0. The molecule has 1 saturated carbocycles. The molecule has 1 aliphatic carbocycles. The third-order valence-electron chi connectivity index (χ3n) is 6.24. The van der Waals surface area contributed by atoms with Crippen molar-refractivity contribution in [3.63, 3.8) is 0 Å². The topological polar surface area (TPSA) is 87.2 Å². The summed E-state index contributed by atoms with van der Waals surface area (Å²) in [6.07, 6.45) is 6.44. The summed E-state index contributed by atoms with van der Waals surface area (Å²) in [6, 6.07) is 5.67. The molecule has 0 bridgehead atoms. The average molecular weight is 399 g/mol. The number of carbonyl (C=O) groups is 4. The lowest BCUT2D eigenvalue weighted by molar-refractivity contribution is -0.144. The first kappa shape index (κ1) is 19.4. The van der Waals surface area contributed by atoms with E-state index >= 15 is 0 Å². The standard InChI is InChI=1S/C21H25N3O5/c1-29-16-10-8-15(9-11-16)24-20(27)19(26)23(21(24)28)13-18(25)22-12-4-6-14-5-2-3-7-17(14)22/h8-11,14,17H,2-7,12-13H2,1H3/t14-,17+/m1/s1. The first-order chi connectivity index (χ1) is 14.0. The number of rotatable bonds is 4. The molecule has 0 radical (unpaired) electrons. The van der Waals surface area contributed by atoms with Crippen LogP contribution in [0.25, 0.3) is 0 Å². The molecule has 8 heteroatoms. The molecule has 1 aromatic carbocycles. The highest BCUT2D eigenvalue weighted by atomic mass is 16.5. The van der Waals surface area contributed by atoms with Crippen LogP contribution in [0.4, 0.5) is 10.5 Å². The van der Waals surface area contributed by atoms with Gasteiger partial charge in [0.05, 0.1) is 12.8 Å². The van der Waals surface area contributed by atoms with Crippen LogP contribution in [-0.4, -0.2) is 59.8 Å². The Morgan fingerprint density at radius 3 is 2.41 bits per heavy atom. The molecule has 5 amide bonds. The number of ether oxygens (including phenoxy) is 1. The highest BCUT2D eigenvalue weighted by Gasteiger charge is 2.47. The number of likely N-dealkylation sites (tertiary alicyclic amines) is 1. The zero-order chi connectivity index (χ0) is 20.5. The van der Waals surface area contributed by atoms with Gasteiger partial charge in [-0.05, 0) is 55.9 Å². The number of fused-ring (bicyclic) bond motifs is 1. The number of hydrogen-bond donors (Lipinski definition) is 0. The fourth-order valence-corrected chi connectivity index (χ4v) is 4.76. The molecule has 0 spiro atoms. The number of nitrogens with zero attached hydrogens (tertiary/aromatic N) is 3. The van der Waals surface area contributed by atoms with E-state index in [9.17, 15) is 19.2 Å². The van der Waals surface area contributed by atoms with Crippen molar-refractivity contribution < 1.29 is 23.9 Å². The van der Waals surface area contributed by atoms with Crippen LogP contribution < -0.4 is 9.64 Å². The molecular weight excluding hydrogens is 374 g/mol. The molecule has 2 heterocycles. The lowest BCUT2D eigenvalue weighted by Crippen LogP contribution is -2.53. The fraction of sp³-hybridized carbons (Fsp3) is 0.524. The smallest absolute Gasteiger partial charge is 0.339 e. The van der Waals surface area contributed by atoms with Crippen LogP contribution in [0, 0.1) is 5.92 Å². The van der Waals surface area contributed by atoms with Gasteiger partial charge in [0.15, 0.2) is 0 Å². The predicted molar refractivity (Wildman–Crippen MR) is 104 cm³/mol. The van der Waals surface area contributed by atoms with Crippen molar-refractivity contribution in [2.45, 2.75) is 44.6 Å². The molecule has 0 unspecified atom stereocenters. The van der Waals surface area contributed by atoms with Gasteiger partial charge in [0.1, 0.15) is 12.3 Å². The van der Waals surface area contributed by atoms with Gasteiger partial charge >= 0.3 is 17.8 Å². The van der Waals surface area contributed by atoms with Crippen LogP contribution in [0.15, 0.2) is 24.3 Å². The quantitative estimate of drug-likeness (QED) is 0.572. The summed E-state index contributed by atoms with van der Waals surface area (Å²) in [5, 5.41) is 0. The summed E-state index contributed by atoms with van der Waals surface area (Å²) in [7, 11) is 1.51. The van der Waals surface area contributed by atoms with E-state index in [1.165, 1.54) is 25.7 Å². The van der Waals surface area contributed by atoms with Gasteiger partial charge in [-0.25, -0.2) is 14.6 Å². The molecule has 0 aromatic heterocycles. The molecule has 3 fully saturated rings. The molecule has 2 saturated heterocycles. The number of carbonyl (C=O) groups excluding carboxylic acids is 4. The van der Waals surface area contributed by atoms with Crippen LogP contribution in [0.1, 0.15) is 38.5 Å². The lowest BCUT2D eigenvalue weighted by Gasteiger charge is -2.44. The minimum Gasteiger partial charge on any atom is -0.497 e. The van der Waals surface area contributed by atoms with Crippen molar-refractivity contribution >= 4 is 29.4 Å². The normalized spacial score (nSPS) is 24.7. The molecule has 4 rings (SSSR count). The lowest BCUT2D eigenvalue weighted by atomic mass is 9.78. The largest absolute Gasteiger partial charge is 0.497 e. The fourth-order valence-electron chi connectivity index (χ4n) is 4.76. The van der Waals surface area contributed by atoms with Crippen LogP contribution in [0.5, 0.6) is 5.75 Å². The van der Waals surface area contributed by atoms with E-state index in [0.717, 1.165) is 41.9 Å². The Morgan fingerprint density at radius 2 is 1.69 bits per heavy atom. The summed E-state index contributed by atoms with van der Waals surface area (Å²) in [6.45, 7) is 0.256. The van der Waals surface area contributed by atoms with Gasteiger partial charge in [-0.1, -0.05) is 12.8 Å². The van der Waals surface area contributed by atoms with Gasteiger partial charge in [0.2, 0.25) is 5.91 Å². The molecule has 0 N–H and O–H groups in total. The number of benzene rings is 1. The van der Waals surface area contributed by atoms with Gasteiger partial charge in [-0.3, -0.25) is 14.4 Å². The Morgan fingerprint density at radius 1 is 1.00 bits per heavy atom. The van der Waals surface area contributed by atoms with Crippen molar-refractivity contribution in [1.82, 2.24) is 9.80 Å². The van der Waals surface area contributed by atoms with Crippen LogP contribution >= 0.6 is 0 Å². The summed E-state index contributed by atoms with van der Waals surface area (Å²) < 4.78 is 5.07. The van der Waals surface area contributed by atoms with Crippen molar-refractivity contribution in [2.75, 3.05) is 25.1 Å². The average Bonchev–Trinajstić information content (AvgIpc) is 2.96. The SMILES string of the molecule is COc1ccc(N2C(=O)C(=O)N(CC(=O)N3CCC[C@H]4CCCC[C@@H]43)C2=O)cc1. The summed E-state index contributed by atoms with van der Waals surface area (Å²) >= 11 is 0. The molecule has 154 valence electrons. The van der Waals surface area contributed by atoms with Gasteiger partial charge in [0, 0.05) is 12.6 Å². The van der Waals surface area contributed by atoms with Gasteiger partial charge < -0.3 is 9.64 Å². The van der Waals surface area contributed by atoms with E-state index < -0.39 is 17.8 Å². The molecular formula is C21H25N3O5. The summed E-state index contributed by atoms with van der Waals surface area (Å²) in [5.74, 6) is -1.09. The summed E-state index contributed by atoms with van der Waals surface area (Å²) in [4.78, 5) is 54.0. The second kappa shape index (κ2) is 7.85. The highest BCUT2D eigenvalue weighted by molar-refractivity contribution is 6.53. The van der Waals surface area contributed by atoms with Crippen LogP contribution in [-0.2, 0) is 14.4 Å². The second-order valence-corrected chi connectivity index (χ2v) is 7.85. The first-order valence-electron chi connectivity index (χ1n) is 10.1. The Hall–Kier alpha value is -2.90. The molecule has 29 heavy (non-hydrogen) atoms. The number of methoxy groups -OCH3 is 1.